The number of rotatable bonds is 7. The summed E-state index contributed by atoms with van der Waals surface area (Å²) in [5, 5.41) is 0. The van der Waals surface area contributed by atoms with Crippen molar-refractivity contribution < 1.29 is 13.5 Å². The van der Waals surface area contributed by atoms with Crippen molar-refractivity contribution in [2.45, 2.75) is 26.2 Å². The van der Waals surface area contributed by atoms with Crippen molar-refractivity contribution in [3.8, 4) is 5.75 Å². The van der Waals surface area contributed by atoms with Crippen molar-refractivity contribution in [1.29, 1.82) is 0 Å². The lowest BCUT2D eigenvalue weighted by Crippen LogP contribution is -1.99. The zero-order valence-corrected chi connectivity index (χ0v) is 16.2. The molecule has 0 saturated carbocycles. The van der Waals surface area contributed by atoms with Crippen molar-refractivity contribution in [2.24, 2.45) is 0 Å². The van der Waals surface area contributed by atoms with Crippen LogP contribution in [-0.2, 0) is 6.42 Å². The minimum Gasteiger partial charge on any atom is -0.494 e. The Morgan fingerprint density at radius 1 is 0.857 bits per heavy atom. The molecule has 0 saturated heterocycles. The molecule has 3 aromatic rings. The van der Waals surface area contributed by atoms with E-state index in [9.17, 15) is 8.78 Å². The van der Waals surface area contributed by atoms with E-state index in [4.69, 9.17) is 4.74 Å². The Morgan fingerprint density at radius 3 is 2.11 bits per heavy atom. The zero-order chi connectivity index (χ0) is 19.9. The van der Waals surface area contributed by atoms with Gasteiger partial charge in [-0.2, -0.15) is 0 Å². The molecule has 0 fully saturated rings. The molecule has 0 aliphatic rings. The van der Waals surface area contributed by atoms with Crippen LogP contribution in [0, 0.1) is 11.6 Å². The number of hydrogen-bond donors (Lipinski definition) is 0. The van der Waals surface area contributed by atoms with E-state index in [1.165, 1.54) is 11.6 Å². The third-order valence-corrected chi connectivity index (χ3v) is 4.70. The third-order valence-electron chi connectivity index (χ3n) is 4.70. The first-order valence-electron chi connectivity index (χ1n) is 9.50. The monoisotopic (exact) mass is 378 g/mol. The molecular weight excluding hydrogens is 354 g/mol. The second kappa shape index (κ2) is 9.32. The summed E-state index contributed by atoms with van der Waals surface area (Å²) < 4.78 is 33.9. The Bertz CT molecular complexity index is 948. The summed E-state index contributed by atoms with van der Waals surface area (Å²) in [6, 6.07) is 20.1. The maximum atomic E-state index is 14.5. The highest BCUT2D eigenvalue weighted by molar-refractivity contribution is 5.70. The van der Waals surface area contributed by atoms with Crippen molar-refractivity contribution >= 4 is 12.2 Å². The second-order valence-electron chi connectivity index (χ2n) is 6.82. The van der Waals surface area contributed by atoms with Gasteiger partial charge >= 0.3 is 0 Å². The van der Waals surface area contributed by atoms with E-state index in [1.54, 1.807) is 36.4 Å². The van der Waals surface area contributed by atoms with E-state index in [2.05, 4.69) is 19.1 Å². The fourth-order valence-corrected chi connectivity index (χ4v) is 3.16. The molecule has 3 rings (SSSR count). The van der Waals surface area contributed by atoms with Gasteiger partial charge in [0.25, 0.3) is 0 Å². The normalized spacial score (nSPS) is 12.3. The van der Waals surface area contributed by atoms with Gasteiger partial charge in [0.05, 0.1) is 6.61 Å². The van der Waals surface area contributed by atoms with Gasteiger partial charge in [-0.15, -0.1) is 0 Å². The van der Waals surface area contributed by atoms with Gasteiger partial charge in [-0.05, 0) is 48.6 Å². The van der Waals surface area contributed by atoms with Gasteiger partial charge < -0.3 is 4.74 Å². The van der Waals surface area contributed by atoms with Crippen molar-refractivity contribution in [1.82, 2.24) is 0 Å². The average Bonchev–Trinajstić information content (AvgIpc) is 2.69. The third kappa shape index (κ3) is 5.07. The van der Waals surface area contributed by atoms with Crippen LogP contribution in [0.15, 0.2) is 66.7 Å². The van der Waals surface area contributed by atoms with Crippen LogP contribution in [0.1, 0.15) is 42.0 Å². The molecule has 1 nitrogen and oxygen atoms in total. The van der Waals surface area contributed by atoms with Crippen LogP contribution in [0.3, 0.4) is 0 Å². The summed E-state index contributed by atoms with van der Waals surface area (Å²) >= 11 is 0. The lowest BCUT2D eigenvalue weighted by molar-refractivity contribution is 0.338. The summed E-state index contributed by atoms with van der Waals surface area (Å²) in [7, 11) is 0. The first-order chi connectivity index (χ1) is 13.6. The Balaban J connectivity index is 1.71. The molecule has 0 aliphatic carbocycles. The highest BCUT2D eigenvalue weighted by atomic mass is 19.1. The first kappa shape index (κ1) is 19.8. The Hall–Kier alpha value is -2.94. The fraction of sp³-hybridized carbons (Fsp3) is 0.200. The van der Waals surface area contributed by atoms with Gasteiger partial charge in [-0.3, -0.25) is 0 Å². The molecule has 3 aromatic carbocycles. The second-order valence-corrected chi connectivity index (χ2v) is 6.82. The fourth-order valence-electron chi connectivity index (χ4n) is 3.16. The van der Waals surface area contributed by atoms with Gasteiger partial charge in [-0.25, -0.2) is 8.78 Å². The molecule has 0 aliphatic heterocycles. The van der Waals surface area contributed by atoms with Crippen molar-refractivity contribution in [3.05, 3.63) is 101 Å². The lowest BCUT2D eigenvalue weighted by atomic mass is 9.93. The van der Waals surface area contributed by atoms with Crippen LogP contribution < -0.4 is 4.74 Å². The predicted molar refractivity (Wildman–Crippen MR) is 111 cm³/mol. The highest BCUT2D eigenvalue weighted by Gasteiger charge is 2.09. The van der Waals surface area contributed by atoms with Crippen LogP contribution in [0.25, 0.3) is 12.2 Å². The largest absolute Gasteiger partial charge is 0.494 e. The molecule has 0 amide bonds. The minimum absolute atomic E-state index is 0.305. The van der Waals surface area contributed by atoms with Gasteiger partial charge in [-0.1, -0.05) is 61.5 Å². The van der Waals surface area contributed by atoms with Crippen molar-refractivity contribution in [2.75, 3.05) is 6.61 Å². The number of hydrogen-bond acceptors (Lipinski definition) is 1. The quantitative estimate of drug-likeness (QED) is 0.407. The van der Waals surface area contributed by atoms with Gasteiger partial charge in [0.15, 0.2) is 0 Å². The van der Waals surface area contributed by atoms with Gasteiger partial charge in [0.1, 0.15) is 17.4 Å². The maximum absolute atomic E-state index is 14.5. The first-order valence-corrected chi connectivity index (χ1v) is 9.50. The van der Waals surface area contributed by atoms with Crippen LogP contribution in [0.2, 0.25) is 0 Å². The average molecular weight is 378 g/mol. The minimum atomic E-state index is -0.393. The Kier molecular flexibility index (Phi) is 6.59. The molecule has 0 aromatic heterocycles. The van der Waals surface area contributed by atoms with Crippen LogP contribution in [-0.4, -0.2) is 6.61 Å². The van der Waals surface area contributed by atoms with E-state index >= 15 is 0 Å². The summed E-state index contributed by atoms with van der Waals surface area (Å²) in [5.74, 6) is 0.0939. The van der Waals surface area contributed by atoms with Crippen LogP contribution in [0.4, 0.5) is 8.78 Å². The molecule has 1 atom stereocenters. The summed E-state index contributed by atoms with van der Waals surface area (Å²) in [5.41, 5.74) is 3.00. The van der Waals surface area contributed by atoms with Gasteiger partial charge in [0.2, 0.25) is 0 Å². The number of benzene rings is 3. The maximum Gasteiger partial charge on any atom is 0.134 e. The van der Waals surface area contributed by atoms with E-state index in [0.717, 1.165) is 12.0 Å². The molecule has 0 radical (unpaired) electrons. The smallest absolute Gasteiger partial charge is 0.134 e. The molecule has 0 N–H and O–H groups in total. The zero-order valence-electron chi connectivity index (χ0n) is 16.2. The Labute approximate surface area is 165 Å². The highest BCUT2D eigenvalue weighted by Crippen LogP contribution is 2.23. The molecule has 0 spiro atoms. The molecular formula is C25H24F2O. The van der Waals surface area contributed by atoms with E-state index < -0.39 is 5.82 Å². The van der Waals surface area contributed by atoms with Crippen molar-refractivity contribution in [3.63, 3.8) is 0 Å². The summed E-state index contributed by atoms with van der Waals surface area (Å²) in [6.07, 6.45) is 3.94. The molecule has 0 bridgehead atoms. The predicted octanol–water partition coefficient (Wildman–Crippen LogP) is 6.88. The molecule has 28 heavy (non-hydrogen) atoms. The molecule has 1 unspecified atom stereocenters. The molecule has 0 heterocycles. The van der Waals surface area contributed by atoms with E-state index in [1.807, 2.05) is 31.2 Å². The topological polar surface area (TPSA) is 9.23 Å². The number of ether oxygens (including phenoxy) is 1. The summed E-state index contributed by atoms with van der Waals surface area (Å²) in [4.78, 5) is 0. The molecule has 3 heteroatoms. The Morgan fingerprint density at radius 2 is 1.50 bits per heavy atom. The SMILES string of the molecule is CCOc1ccc(/C=C/c2ccc(CC(C)c3ccccc3)cc2F)c(F)c1. The standard InChI is InChI=1S/C25H24F2O/c1-3-28-23-14-13-22(25(27)17-23)12-11-21-10-9-19(16-24(21)26)15-18(2)20-7-5-4-6-8-20/h4-14,16-18H,3,15H2,1-2H3/b12-11+. The van der Waals surface area contributed by atoms with E-state index in [-0.39, 0.29) is 5.82 Å². The van der Waals surface area contributed by atoms with Crippen LogP contribution >= 0.6 is 0 Å². The van der Waals surface area contributed by atoms with E-state index in [0.29, 0.717) is 29.4 Å². The number of halogens is 2. The summed E-state index contributed by atoms with van der Waals surface area (Å²) in [6.45, 7) is 4.46. The van der Waals surface area contributed by atoms with Crippen LogP contribution in [0.5, 0.6) is 5.75 Å². The van der Waals surface area contributed by atoms with Gasteiger partial charge in [0, 0.05) is 17.2 Å². The lowest BCUT2D eigenvalue weighted by Gasteiger charge is -2.12. The molecule has 144 valence electrons.